The molecule has 0 aromatic heterocycles. The zero-order valence-corrected chi connectivity index (χ0v) is 22.2. The highest BCUT2D eigenvalue weighted by Crippen LogP contribution is 2.42. The fourth-order valence-electron chi connectivity index (χ4n) is 4.14. The van der Waals surface area contributed by atoms with Crippen molar-refractivity contribution < 1.29 is 24.2 Å². The summed E-state index contributed by atoms with van der Waals surface area (Å²) in [7, 11) is 3.80. The van der Waals surface area contributed by atoms with Crippen molar-refractivity contribution in [2.24, 2.45) is 0 Å². The number of likely N-dealkylation sites (N-methyl/N-ethyl adjacent to an activating group) is 1. The molecule has 0 aliphatic carbocycles. The van der Waals surface area contributed by atoms with Crippen LogP contribution in [0.15, 0.2) is 48.0 Å². The van der Waals surface area contributed by atoms with E-state index in [0.717, 1.165) is 19.3 Å². The normalized spacial score (nSPS) is 17.2. The molecule has 1 N–H and O–H groups in total. The topological polar surface area (TPSA) is 79.3 Å². The predicted molar refractivity (Wildman–Crippen MR) is 142 cm³/mol. The first kappa shape index (κ1) is 27.6. The van der Waals surface area contributed by atoms with Gasteiger partial charge in [0.2, 0.25) is 0 Å². The van der Waals surface area contributed by atoms with Gasteiger partial charge >= 0.3 is 0 Å². The lowest BCUT2D eigenvalue weighted by Crippen LogP contribution is -2.35. The summed E-state index contributed by atoms with van der Waals surface area (Å²) in [6, 6.07) is 11.2. The van der Waals surface area contributed by atoms with E-state index in [4.69, 9.17) is 21.1 Å². The Morgan fingerprint density at radius 3 is 2.39 bits per heavy atom. The van der Waals surface area contributed by atoms with E-state index >= 15 is 0 Å². The molecule has 2 aromatic carbocycles. The zero-order valence-electron chi connectivity index (χ0n) is 21.4. The summed E-state index contributed by atoms with van der Waals surface area (Å²) in [5.74, 6) is -0.449. The number of hydrogen-bond donors (Lipinski definition) is 1. The van der Waals surface area contributed by atoms with Gasteiger partial charge < -0.3 is 24.4 Å². The fraction of sp³-hybridized carbons (Fsp3) is 0.429. The van der Waals surface area contributed by atoms with Crippen molar-refractivity contribution in [1.29, 1.82) is 0 Å². The number of carbonyl (C=O) groups is 2. The van der Waals surface area contributed by atoms with Gasteiger partial charge in [-0.15, -0.1) is 0 Å². The Hall–Kier alpha value is -3.03. The van der Waals surface area contributed by atoms with Crippen molar-refractivity contribution in [3.63, 3.8) is 0 Å². The van der Waals surface area contributed by atoms with Crippen LogP contribution in [0.5, 0.6) is 11.5 Å². The summed E-state index contributed by atoms with van der Waals surface area (Å²) >= 11 is 6.00. The van der Waals surface area contributed by atoms with Crippen LogP contribution in [-0.2, 0) is 9.59 Å². The average Bonchev–Trinajstić information content (AvgIpc) is 3.11. The van der Waals surface area contributed by atoms with Crippen molar-refractivity contribution >= 4 is 29.1 Å². The van der Waals surface area contributed by atoms with Gasteiger partial charge in [-0.3, -0.25) is 9.59 Å². The fourth-order valence-corrected chi connectivity index (χ4v) is 4.27. The molecule has 8 heteroatoms. The monoisotopic (exact) mass is 514 g/mol. The van der Waals surface area contributed by atoms with Gasteiger partial charge in [-0.05, 0) is 69.4 Å². The molecule has 2 aromatic rings. The number of ether oxygens (including phenoxy) is 2. The molecule has 194 valence electrons. The number of Topliss-reactive ketones (excluding diaryl/α,β-unsaturated/α-hetero) is 1. The van der Waals surface area contributed by atoms with Crippen LogP contribution in [-0.4, -0.2) is 67.0 Å². The van der Waals surface area contributed by atoms with Gasteiger partial charge in [0.15, 0.2) is 11.5 Å². The molecular weight excluding hydrogens is 480 g/mol. The third-order valence-corrected chi connectivity index (χ3v) is 6.29. The summed E-state index contributed by atoms with van der Waals surface area (Å²) in [6.45, 7) is 5.90. The van der Waals surface area contributed by atoms with Gasteiger partial charge in [-0.2, -0.15) is 0 Å². The van der Waals surface area contributed by atoms with E-state index in [2.05, 4.69) is 6.92 Å². The number of hydrogen-bond acceptors (Lipinski definition) is 6. The molecule has 1 amide bonds. The number of unbranched alkanes of at least 4 members (excludes halogenated alkanes) is 2. The molecule has 1 saturated heterocycles. The largest absolute Gasteiger partial charge is 0.507 e. The lowest BCUT2D eigenvalue weighted by atomic mass is 9.95. The van der Waals surface area contributed by atoms with E-state index in [1.807, 2.05) is 32.0 Å². The standard InChI is InChI=1S/C28H35ClN2O5/c1-5-7-8-17-36-22-14-11-20(18-23(22)35-6-2)25-24(26(32)19-9-12-21(29)13-10-19)27(33)28(34)31(25)16-15-30(3)4/h9-14,18,25,32H,5-8,15-17H2,1-4H3. The average molecular weight is 515 g/mol. The number of halogens is 1. The Morgan fingerprint density at radius 2 is 1.75 bits per heavy atom. The first-order valence-electron chi connectivity index (χ1n) is 12.4. The first-order valence-corrected chi connectivity index (χ1v) is 12.7. The van der Waals surface area contributed by atoms with Crippen LogP contribution < -0.4 is 9.47 Å². The highest BCUT2D eigenvalue weighted by atomic mass is 35.5. The van der Waals surface area contributed by atoms with Crippen LogP contribution in [0.1, 0.15) is 50.3 Å². The van der Waals surface area contributed by atoms with Crippen molar-refractivity contribution in [3.8, 4) is 11.5 Å². The van der Waals surface area contributed by atoms with Crippen molar-refractivity contribution in [2.45, 2.75) is 39.2 Å². The number of nitrogens with zero attached hydrogens (tertiary/aromatic N) is 2. The van der Waals surface area contributed by atoms with Gasteiger partial charge in [0, 0.05) is 23.7 Å². The molecular formula is C28H35ClN2O5. The molecule has 0 bridgehead atoms. The van der Waals surface area contributed by atoms with Crippen LogP contribution in [0, 0.1) is 0 Å². The molecule has 0 saturated carbocycles. The third-order valence-electron chi connectivity index (χ3n) is 6.03. The van der Waals surface area contributed by atoms with Crippen LogP contribution in [0.2, 0.25) is 5.02 Å². The van der Waals surface area contributed by atoms with E-state index in [1.165, 1.54) is 4.90 Å². The van der Waals surface area contributed by atoms with E-state index < -0.39 is 17.7 Å². The third kappa shape index (κ3) is 6.39. The predicted octanol–water partition coefficient (Wildman–Crippen LogP) is 5.29. The Labute approximate surface area is 218 Å². The Balaban J connectivity index is 2.08. The molecule has 1 aliphatic heterocycles. The van der Waals surface area contributed by atoms with Crippen molar-refractivity contribution in [1.82, 2.24) is 9.80 Å². The zero-order chi connectivity index (χ0) is 26.2. The van der Waals surface area contributed by atoms with Gasteiger partial charge in [0.05, 0.1) is 24.8 Å². The number of rotatable bonds is 12. The molecule has 3 rings (SSSR count). The van der Waals surface area contributed by atoms with Gasteiger partial charge in [0.1, 0.15) is 5.76 Å². The number of amides is 1. The maximum absolute atomic E-state index is 13.2. The maximum atomic E-state index is 13.2. The second-order valence-electron chi connectivity index (χ2n) is 9.00. The van der Waals surface area contributed by atoms with Crippen LogP contribution in [0.3, 0.4) is 0 Å². The molecule has 36 heavy (non-hydrogen) atoms. The molecule has 1 atom stereocenters. The Bertz CT molecular complexity index is 1100. The summed E-state index contributed by atoms with van der Waals surface area (Å²) in [4.78, 5) is 29.8. The van der Waals surface area contributed by atoms with Gasteiger partial charge in [-0.25, -0.2) is 0 Å². The van der Waals surface area contributed by atoms with E-state index in [1.54, 1.807) is 36.4 Å². The Morgan fingerprint density at radius 1 is 1.03 bits per heavy atom. The van der Waals surface area contributed by atoms with E-state index in [9.17, 15) is 14.7 Å². The van der Waals surface area contributed by atoms with Gasteiger partial charge in [0.25, 0.3) is 11.7 Å². The molecule has 1 aliphatic rings. The van der Waals surface area contributed by atoms with Gasteiger partial charge in [-0.1, -0.05) is 37.4 Å². The Kier molecular flexibility index (Phi) is 9.79. The van der Waals surface area contributed by atoms with Crippen LogP contribution >= 0.6 is 11.6 Å². The smallest absolute Gasteiger partial charge is 0.295 e. The number of carbonyl (C=O) groups excluding carboxylic acids is 2. The maximum Gasteiger partial charge on any atom is 0.295 e. The minimum absolute atomic E-state index is 0.0418. The minimum Gasteiger partial charge on any atom is -0.507 e. The van der Waals surface area contributed by atoms with Crippen molar-refractivity contribution in [3.05, 3.63) is 64.2 Å². The number of likely N-dealkylation sites (tertiary alicyclic amines) is 1. The number of benzene rings is 2. The highest BCUT2D eigenvalue weighted by Gasteiger charge is 2.46. The lowest BCUT2D eigenvalue weighted by molar-refractivity contribution is -0.140. The molecule has 7 nitrogen and oxygen atoms in total. The number of aliphatic hydroxyl groups excluding tert-OH is 1. The summed E-state index contributed by atoms with van der Waals surface area (Å²) < 4.78 is 11.8. The van der Waals surface area contributed by atoms with Crippen LogP contribution in [0.4, 0.5) is 0 Å². The first-order chi connectivity index (χ1) is 17.3. The second-order valence-corrected chi connectivity index (χ2v) is 9.43. The molecule has 1 heterocycles. The second kappa shape index (κ2) is 12.8. The number of aliphatic hydroxyl groups is 1. The molecule has 1 fully saturated rings. The van der Waals surface area contributed by atoms with E-state index in [0.29, 0.717) is 54.0 Å². The SMILES string of the molecule is CCCCCOc1ccc(C2C(=C(O)c3ccc(Cl)cc3)C(=O)C(=O)N2CCN(C)C)cc1OCC. The minimum atomic E-state index is -0.769. The lowest BCUT2D eigenvalue weighted by Gasteiger charge is -2.27. The summed E-state index contributed by atoms with van der Waals surface area (Å²) in [5, 5.41) is 11.7. The molecule has 0 spiro atoms. The van der Waals surface area contributed by atoms with Crippen molar-refractivity contribution in [2.75, 3.05) is 40.4 Å². The summed E-state index contributed by atoms with van der Waals surface area (Å²) in [5.41, 5.74) is 1.11. The van der Waals surface area contributed by atoms with E-state index in [-0.39, 0.29) is 11.3 Å². The molecule has 1 unspecified atom stereocenters. The van der Waals surface area contributed by atoms with Crippen LogP contribution in [0.25, 0.3) is 5.76 Å². The highest BCUT2D eigenvalue weighted by molar-refractivity contribution is 6.46. The molecule has 0 radical (unpaired) electrons. The summed E-state index contributed by atoms with van der Waals surface area (Å²) in [6.07, 6.45) is 3.11. The number of ketones is 1. The quantitative estimate of drug-likeness (QED) is 0.179.